The molecule has 0 aromatic rings. The highest BCUT2D eigenvalue weighted by Gasteiger charge is 1.96. The van der Waals surface area contributed by atoms with Crippen molar-refractivity contribution in [3.05, 3.63) is 12.2 Å². The highest BCUT2D eigenvalue weighted by atomic mass is 14.0. The predicted molar refractivity (Wildman–Crippen MR) is 57.4 cm³/mol. The first kappa shape index (κ1) is 11.7. The summed E-state index contributed by atoms with van der Waals surface area (Å²) < 4.78 is 0. The van der Waals surface area contributed by atoms with Crippen LogP contribution in [-0.4, -0.2) is 0 Å². The third-order valence-corrected chi connectivity index (χ3v) is 2.21. The summed E-state index contributed by atoms with van der Waals surface area (Å²) in [7, 11) is 0. The van der Waals surface area contributed by atoms with Crippen molar-refractivity contribution in [1.82, 2.24) is 0 Å². The first-order chi connectivity index (χ1) is 5.81. The Bertz CT molecular complexity index is 103. The van der Waals surface area contributed by atoms with E-state index in [1.54, 1.807) is 0 Å². The first-order valence-electron chi connectivity index (χ1n) is 5.46. The molecule has 0 nitrogen and oxygen atoms in total. The van der Waals surface area contributed by atoms with Gasteiger partial charge in [-0.15, -0.1) is 0 Å². The Morgan fingerprint density at radius 1 is 1.08 bits per heavy atom. The van der Waals surface area contributed by atoms with Crippen LogP contribution in [0.25, 0.3) is 0 Å². The van der Waals surface area contributed by atoms with Gasteiger partial charge in [0.25, 0.3) is 0 Å². The van der Waals surface area contributed by atoms with Gasteiger partial charge in [0.05, 0.1) is 0 Å². The summed E-state index contributed by atoms with van der Waals surface area (Å²) in [6, 6.07) is 0. The molecule has 0 radical (unpaired) electrons. The largest absolute Gasteiger partial charge is 0.0885 e. The number of allylic oxidation sites excluding steroid dienone is 2. The Morgan fingerprint density at radius 3 is 2.42 bits per heavy atom. The van der Waals surface area contributed by atoms with Crippen LogP contribution in [0.2, 0.25) is 0 Å². The maximum Gasteiger partial charge on any atom is -0.0325 e. The minimum Gasteiger partial charge on any atom is -0.0885 e. The topological polar surface area (TPSA) is 0 Å². The monoisotopic (exact) mass is 168 g/mol. The van der Waals surface area contributed by atoms with Crippen molar-refractivity contribution in [2.24, 2.45) is 5.92 Å². The van der Waals surface area contributed by atoms with Gasteiger partial charge in [-0.25, -0.2) is 0 Å². The zero-order valence-electron chi connectivity index (χ0n) is 8.97. The quantitative estimate of drug-likeness (QED) is 0.489. The van der Waals surface area contributed by atoms with Crippen LogP contribution in [0, 0.1) is 5.92 Å². The molecule has 0 fully saturated rings. The average molecular weight is 168 g/mol. The van der Waals surface area contributed by atoms with E-state index in [1.807, 2.05) is 0 Å². The minimum atomic E-state index is 0.887. The fourth-order valence-corrected chi connectivity index (χ4v) is 1.28. The minimum absolute atomic E-state index is 0.887. The molecular formula is C12H24. The Balaban J connectivity index is 3.23. The molecule has 0 aliphatic rings. The second kappa shape index (κ2) is 8.83. The molecule has 0 aromatic heterocycles. The van der Waals surface area contributed by atoms with E-state index < -0.39 is 0 Å². The van der Waals surface area contributed by atoms with Gasteiger partial charge in [-0.3, -0.25) is 0 Å². The third-order valence-electron chi connectivity index (χ3n) is 2.21. The second-order valence-electron chi connectivity index (χ2n) is 3.74. The van der Waals surface area contributed by atoms with Gasteiger partial charge in [0.15, 0.2) is 0 Å². The zero-order chi connectivity index (χ0) is 9.23. The van der Waals surface area contributed by atoms with Crippen molar-refractivity contribution in [2.45, 2.75) is 59.3 Å². The van der Waals surface area contributed by atoms with Crippen LogP contribution in [0.4, 0.5) is 0 Å². The highest BCUT2D eigenvalue weighted by molar-refractivity contribution is 4.82. The lowest BCUT2D eigenvalue weighted by atomic mass is 10.0. The Morgan fingerprint density at radius 2 is 1.83 bits per heavy atom. The van der Waals surface area contributed by atoms with Gasteiger partial charge in [-0.05, 0) is 18.8 Å². The van der Waals surface area contributed by atoms with Crippen LogP contribution in [0.3, 0.4) is 0 Å². The lowest BCUT2D eigenvalue weighted by molar-refractivity contribution is 0.511. The van der Waals surface area contributed by atoms with E-state index >= 15 is 0 Å². The number of hydrogen-bond acceptors (Lipinski definition) is 0. The van der Waals surface area contributed by atoms with Crippen molar-refractivity contribution in [3.8, 4) is 0 Å². The lowest BCUT2D eigenvalue weighted by Crippen LogP contribution is -1.91. The molecule has 0 saturated carbocycles. The second-order valence-corrected chi connectivity index (χ2v) is 3.74. The zero-order valence-corrected chi connectivity index (χ0v) is 8.97. The molecule has 72 valence electrons. The van der Waals surface area contributed by atoms with Crippen molar-refractivity contribution < 1.29 is 0 Å². The van der Waals surface area contributed by atoms with E-state index in [0.717, 1.165) is 5.92 Å². The van der Waals surface area contributed by atoms with E-state index in [0.29, 0.717) is 0 Å². The Kier molecular flexibility index (Phi) is 8.64. The van der Waals surface area contributed by atoms with Gasteiger partial charge >= 0.3 is 0 Å². The van der Waals surface area contributed by atoms with Crippen molar-refractivity contribution in [1.29, 1.82) is 0 Å². The molecule has 0 spiro atoms. The first-order valence-corrected chi connectivity index (χ1v) is 5.46. The molecule has 12 heavy (non-hydrogen) atoms. The van der Waals surface area contributed by atoms with Crippen LogP contribution in [-0.2, 0) is 0 Å². The van der Waals surface area contributed by atoms with E-state index in [4.69, 9.17) is 0 Å². The maximum atomic E-state index is 2.35. The molecule has 0 aliphatic heterocycles. The van der Waals surface area contributed by atoms with Crippen molar-refractivity contribution >= 4 is 0 Å². The van der Waals surface area contributed by atoms with Crippen LogP contribution in [0.5, 0.6) is 0 Å². The summed E-state index contributed by atoms with van der Waals surface area (Å²) in [6.45, 7) is 6.84. The standard InChI is InChI=1S/C12H24/c1-4-6-8-9-11-12(3)10-7-5-2/h8-9,12H,4-7,10-11H2,1-3H3. The summed E-state index contributed by atoms with van der Waals surface area (Å²) in [4.78, 5) is 0. The SMILES string of the molecule is CCCC=CCC(C)CCCC. The van der Waals surface area contributed by atoms with Gasteiger partial charge in [-0.1, -0.05) is 58.6 Å². The summed E-state index contributed by atoms with van der Waals surface area (Å²) >= 11 is 0. The highest BCUT2D eigenvalue weighted by Crippen LogP contribution is 2.12. The smallest absolute Gasteiger partial charge is 0.0325 e. The molecule has 0 aromatic carbocycles. The van der Waals surface area contributed by atoms with Gasteiger partial charge in [0.2, 0.25) is 0 Å². The van der Waals surface area contributed by atoms with Crippen molar-refractivity contribution in [3.63, 3.8) is 0 Å². The fourth-order valence-electron chi connectivity index (χ4n) is 1.28. The molecule has 0 aliphatic carbocycles. The molecule has 0 N–H and O–H groups in total. The molecule has 0 bridgehead atoms. The average Bonchev–Trinajstić information content (AvgIpc) is 2.09. The van der Waals surface area contributed by atoms with Gasteiger partial charge in [-0.2, -0.15) is 0 Å². The molecule has 0 rings (SSSR count). The van der Waals surface area contributed by atoms with Gasteiger partial charge in [0.1, 0.15) is 0 Å². The molecule has 1 atom stereocenters. The molecule has 0 heteroatoms. The number of rotatable bonds is 7. The molecule has 0 heterocycles. The maximum absolute atomic E-state index is 2.35. The number of hydrogen-bond donors (Lipinski definition) is 0. The Hall–Kier alpha value is -0.260. The summed E-state index contributed by atoms with van der Waals surface area (Å²) in [6.07, 6.45) is 12.6. The van der Waals surface area contributed by atoms with Gasteiger partial charge < -0.3 is 0 Å². The van der Waals surface area contributed by atoms with E-state index in [2.05, 4.69) is 32.9 Å². The van der Waals surface area contributed by atoms with E-state index in [9.17, 15) is 0 Å². The van der Waals surface area contributed by atoms with Crippen molar-refractivity contribution in [2.75, 3.05) is 0 Å². The molecular weight excluding hydrogens is 144 g/mol. The molecule has 0 saturated heterocycles. The normalized spacial score (nSPS) is 13.9. The van der Waals surface area contributed by atoms with Crippen LogP contribution in [0.15, 0.2) is 12.2 Å². The third kappa shape index (κ3) is 7.84. The Labute approximate surface area is 78.1 Å². The molecule has 0 amide bonds. The summed E-state index contributed by atoms with van der Waals surface area (Å²) in [5.74, 6) is 0.887. The van der Waals surface area contributed by atoms with Crippen LogP contribution < -0.4 is 0 Å². The summed E-state index contributed by atoms with van der Waals surface area (Å²) in [5.41, 5.74) is 0. The van der Waals surface area contributed by atoms with E-state index in [-0.39, 0.29) is 0 Å². The number of unbranched alkanes of at least 4 members (excludes halogenated alkanes) is 2. The van der Waals surface area contributed by atoms with Crippen LogP contribution in [0.1, 0.15) is 59.3 Å². The van der Waals surface area contributed by atoms with Crippen LogP contribution >= 0.6 is 0 Å². The fraction of sp³-hybridized carbons (Fsp3) is 0.833. The summed E-state index contributed by atoms with van der Waals surface area (Å²) in [5, 5.41) is 0. The lowest BCUT2D eigenvalue weighted by Gasteiger charge is -2.06. The molecule has 1 unspecified atom stereocenters. The predicted octanol–water partition coefficient (Wildman–Crippen LogP) is 4.56. The van der Waals surface area contributed by atoms with E-state index in [1.165, 1.54) is 38.5 Å². The van der Waals surface area contributed by atoms with Gasteiger partial charge in [0, 0.05) is 0 Å².